The standard InChI is InChI=1S/C12H12N4S/c1-7-11(10-6-17-12(15-10)16-13)8-4-2-3-5-9(8)14-7/h2-6,14H,13H2,1H3,(H,15,16). The lowest BCUT2D eigenvalue weighted by molar-refractivity contribution is 1.26. The van der Waals surface area contributed by atoms with Gasteiger partial charge in [-0.3, -0.25) is 5.43 Å². The number of aryl methyl sites for hydroxylation is 1. The number of benzene rings is 1. The van der Waals surface area contributed by atoms with Crippen molar-refractivity contribution in [1.29, 1.82) is 0 Å². The Hall–Kier alpha value is -1.85. The van der Waals surface area contributed by atoms with Gasteiger partial charge in [0.2, 0.25) is 0 Å². The molecule has 4 N–H and O–H groups in total. The minimum absolute atomic E-state index is 0.727. The van der Waals surface area contributed by atoms with Crippen LogP contribution in [0, 0.1) is 6.92 Å². The molecule has 0 aliphatic carbocycles. The molecule has 4 nitrogen and oxygen atoms in total. The Labute approximate surface area is 102 Å². The number of hydrogen-bond acceptors (Lipinski definition) is 4. The van der Waals surface area contributed by atoms with E-state index < -0.39 is 0 Å². The van der Waals surface area contributed by atoms with Crippen LogP contribution in [0.25, 0.3) is 22.2 Å². The molecule has 86 valence electrons. The number of nitrogens with two attached hydrogens (primary N) is 1. The Morgan fingerprint density at radius 1 is 1.35 bits per heavy atom. The van der Waals surface area contributed by atoms with Crippen LogP contribution in [0.1, 0.15) is 5.69 Å². The first-order chi connectivity index (χ1) is 8.29. The Morgan fingerprint density at radius 2 is 2.18 bits per heavy atom. The predicted octanol–water partition coefficient (Wildman–Crippen LogP) is 2.89. The van der Waals surface area contributed by atoms with Gasteiger partial charge in [-0.25, -0.2) is 10.8 Å². The van der Waals surface area contributed by atoms with Crippen LogP contribution in [-0.4, -0.2) is 9.97 Å². The minimum Gasteiger partial charge on any atom is -0.358 e. The summed E-state index contributed by atoms with van der Waals surface area (Å²) in [6, 6.07) is 8.23. The number of hydrazine groups is 1. The quantitative estimate of drug-likeness (QED) is 0.479. The van der Waals surface area contributed by atoms with Crippen LogP contribution in [0.5, 0.6) is 0 Å². The summed E-state index contributed by atoms with van der Waals surface area (Å²) >= 11 is 1.50. The van der Waals surface area contributed by atoms with Crippen molar-refractivity contribution >= 4 is 27.4 Å². The third kappa shape index (κ3) is 1.60. The average Bonchev–Trinajstić information content (AvgIpc) is 2.91. The van der Waals surface area contributed by atoms with Gasteiger partial charge in [0.1, 0.15) is 0 Å². The number of para-hydroxylation sites is 1. The van der Waals surface area contributed by atoms with Crippen LogP contribution in [0.15, 0.2) is 29.6 Å². The van der Waals surface area contributed by atoms with Crippen LogP contribution in [-0.2, 0) is 0 Å². The predicted molar refractivity (Wildman–Crippen MR) is 72.0 cm³/mol. The topological polar surface area (TPSA) is 66.7 Å². The van der Waals surface area contributed by atoms with E-state index in [1.165, 1.54) is 16.7 Å². The summed E-state index contributed by atoms with van der Waals surface area (Å²) in [6.45, 7) is 2.06. The van der Waals surface area contributed by atoms with Crippen molar-refractivity contribution in [3.8, 4) is 11.3 Å². The largest absolute Gasteiger partial charge is 0.358 e. The second-order valence-electron chi connectivity index (χ2n) is 3.85. The number of thiazole rings is 1. The normalized spacial score (nSPS) is 10.9. The van der Waals surface area contributed by atoms with Crippen LogP contribution in [0.4, 0.5) is 5.13 Å². The van der Waals surface area contributed by atoms with Crippen LogP contribution >= 0.6 is 11.3 Å². The molecule has 0 bridgehead atoms. The summed E-state index contributed by atoms with van der Waals surface area (Å²) in [6.07, 6.45) is 0. The summed E-state index contributed by atoms with van der Waals surface area (Å²) in [5.41, 5.74) is 6.94. The molecule has 0 saturated carbocycles. The zero-order valence-electron chi connectivity index (χ0n) is 9.32. The zero-order valence-corrected chi connectivity index (χ0v) is 10.1. The molecule has 0 amide bonds. The van der Waals surface area contributed by atoms with Gasteiger partial charge in [-0.15, -0.1) is 11.3 Å². The lowest BCUT2D eigenvalue weighted by Gasteiger charge is -1.96. The number of aromatic nitrogens is 2. The molecule has 0 saturated heterocycles. The third-order valence-electron chi connectivity index (χ3n) is 2.78. The lowest BCUT2D eigenvalue weighted by Crippen LogP contribution is -2.05. The van der Waals surface area contributed by atoms with E-state index in [4.69, 9.17) is 5.84 Å². The highest BCUT2D eigenvalue weighted by Crippen LogP contribution is 2.33. The van der Waals surface area contributed by atoms with Gasteiger partial charge in [0, 0.05) is 27.5 Å². The number of aromatic amines is 1. The van der Waals surface area contributed by atoms with Gasteiger partial charge in [-0.1, -0.05) is 18.2 Å². The summed E-state index contributed by atoms with van der Waals surface area (Å²) in [7, 11) is 0. The third-order valence-corrected chi connectivity index (χ3v) is 3.55. The summed E-state index contributed by atoms with van der Waals surface area (Å²) in [5, 5.41) is 3.93. The van der Waals surface area contributed by atoms with Gasteiger partial charge >= 0.3 is 0 Å². The van der Waals surface area contributed by atoms with Crippen molar-refractivity contribution in [3.05, 3.63) is 35.3 Å². The highest BCUT2D eigenvalue weighted by atomic mass is 32.1. The van der Waals surface area contributed by atoms with Gasteiger partial charge < -0.3 is 4.98 Å². The maximum Gasteiger partial charge on any atom is 0.197 e. The van der Waals surface area contributed by atoms with Gasteiger partial charge in [0.05, 0.1) is 5.69 Å². The van der Waals surface area contributed by atoms with Crippen LogP contribution < -0.4 is 11.3 Å². The summed E-state index contributed by atoms with van der Waals surface area (Å²) in [5.74, 6) is 5.36. The fraction of sp³-hybridized carbons (Fsp3) is 0.0833. The molecule has 0 fully saturated rings. The number of nitrogens with one attached hydrogen (secondary N) is 2. The van der Waals surface area contributed by atoms with E-state index >= 15 is 0 Å². The highest BCUT2D eigenvalue weighted by molar-refractivity contribution is 7.14. The van der Waals surface area contributed by atoms with E-state index in [0.717, 1.165) is 27.6 Å². The van der Waals surface area contributed by atoms with E-state index in [-0.39, 0.29) is 0 Å². The van der Waals surface area contributed by atoms with Gasteiger partial charge in [0.15, 0.2) is 5.13 Å². The molecule has 0 unspecified atom stereocenters. The number of hydrogen-bond donors (Lipinski definition) is 3. The molecule has 0 atom stereocenters. The SMILES string of the molecule is Cc1[nH]c2ccccc2c1-c1csc(NN)n1. The maximum absolute atomic E-state index is 5.36. The fourth-order valence-corrected chi connectivity index (χ4v) is 2.67. The molecule has 0 aliphatic rings. The molecule has 5 heteroatoms. The number of H-pyrrole nitrogens is 1. The molecule has 0 aliphatic heterocycles. The van der Waals surface area contributed by atoms with Crippen molar-refractivity contribution in [1.82, 2.24) is 9.97 Å². The Balaban J connectivity index is 2.25. The van der Waals surface area contributed by atoms with E-state index in [1.807, 2.05) is 17.5 Å². The molecule has 3 aromatic rings. The van der Waals surface area contributed by atoms with E-state index in [0.29, 0.717) is 0 Å². The average molecular weight is 244 g/mol. The Bertz CT molecular complexity index is 668. The zero-order chi connectivity index (χ0) is 11.8. The lowest BCUT2D eigenvalue weighted by atomic mass is 10.1. The second kappa shape index (κ2) is 3.87. The smallest absolute Gasteiger partial charge is 0.197 e. The maximum atomic E-state index is 5.36. The molecule has 17 heavy (non-hydrogen) atoms. The van der Waals surface area contributed by atoms with Crippen molar-refractivity contribution in [2.45, 2.75) is 6.92 Å². The number of nitrogens with zero attached hydrogens (tertiary/aromatic N) is 1. The molecule has 2 aromatic heterocycles. The summed E-state index contributed by atoms with van der Waals surface area (Å²) < 4.78 is 0. The van der Waals surface area contributed by atoms with Crippen LogP contribution in [0.2, 0.25) is 0 Å². The Kier molecular flexibility index (Phi) is 2.35. The second-order valence-corrected chi connectivity index (χ2v) is 4.71. The summed E-state index contributed by atoms with van der Waals surface area (Å²) in [4.78, 5) is 7.81. The van der Waals surface area contributed by atoms with E-state index in [2.05, 4.69) is 34.5 Å². The minimum atomic E-state index is 0.727. The number of fused-ring (bicyclic) bond motifs is 1. The number of anilines is 1. The van der Waals surface area contributed by atoms with Crippen LogP contribution in [0.3, 0.4) is 0 Å². The van der Waals surface area contributed by atoms with Gasteiger partial charge in [-0.2, -0.15) is 0 Å². The number of rotatable bonds is 2. The highest BCUT2D eigenvalue weighted by Gasteiger charge is 2.12. The first-order valence-corrected chi connectivity index (χ1v) is 6.17. The molecular formula is C12H12N4S. The van der Waals surface area contributed by atoms with Gasteiger partial charge in [0.25, 0.3) is 0 Å². The van der Waals surface area contributed by atoms with Crippen molar-refractivity contribution in [3.63, 3.8) is 0 Å². The molecular weight excluding hydrogens is 232 g/mol. The van der Waals surface area contributed by atoms with E-state index in [1.54, 1.807) is 0 Å². The van der Waals surface area contributed by atoms with Crippen molar-refractivity contribution < 1.29 is 0 Å². The molecule has 3 rings (SSSR count). The monoisotopic (exact) mass is 244 g/mol. The fourth-order valence-electron chi connectivity index (χ4n) is 2.06. The van der Waals surface area contributed by atoms with E-state index in [9.17, 15) is 0 Å². The molecule has 2 heterocycles. The molecule has 0 spiro atoms. The Morgan fingerprint density at radius 3 is 2.94 bits per heavy atom. The number of nitrogen functional groups attached to an aromatic ring is 1. The first kappa shape index (κ1) is 10.3. The van der Waals surface area contributed by atoms with Gasteiger partial charge in [-0.05, 0) is 13.0 Å². The van der Waals surface area contributed by atoms with Crippen molar-refractivity contribution in [2.75, 3.05) is 5.43 Å². The molecule has 1 aromatic carbocycles. The molecule has 0 radical (unpaired) electrons. The van der Waals surface area contributed by atoms with Crippen molar-refractivity contribution in [2.24, 2.45) is 5.84 Å². The first-order valence-electron chi connectivity index (χ1n) is 5.29.